The van der Waals surface area contributed by atoms with Gasteiger partial charge in [-0.2, -0.15) is 0 Å². The van der Waals surface area contributed by atoms with E-state index in [4.69, 9.17) is 28.6 Å². The van der Waals surface area contributed by atoms with Gasteiger partial charge in [0, 0.05) is 16.3 Å². The van der Waals surface area contributed by atoms with Crippen molar-refractivity contribution in [1.82, 2.24) is 0 Å². The Morgan fingerprint density at radius 1 is 1.03 bits per heavy atom. The number of hydrogen-bond donors (Lipinski definition) is 3. The second-order valence-electron chi connectivity index (χ2n) is 6.69. The molecule has 0 aliphatic rings. The quantitative estimate of drug-likeness (QED) is 0.263. The van der Waals surface area contributed by atoms with Crippen LogP contribution in [0.15, 0.2) is 71.6 Å². The smallest absolute Gasteiger partial charge is 0.237 e. The Hall–Kier alpha value is -2.81. The number of para-hydroxylation sites is 2. The second-order valence-corrected chi connectivity index (χ2v) is 8.92. The zero-order valence-electron chi connectivity index (χ0n) is 17.3. The minimum absolute atomic E-state index is 0.0421. The molecule has 0 aliphatic carbocycles. The molecule has 3 aromatic carbocycles. The molecule has 0 saturated heterocycles. The molecule has 5 nitrogen and oxygen atoms in total. The summed E-state index contributed by atoms with van der Waals surface area (Å²) < 4.78 is 18.6. The summed E-state index contributed by atoms with van der Waals surface area (Å²) in [5.74, 6) is -0.0675. The van der Waals surface area contributed by atoms with Crippen LogP contribution >= 0.6 is 35.6 Å². The van der Waals surface area contributed by atoms with Gasteiger partial charge in [0.2, 0.25) is 5.91 Å². The standard InChI is InChI=1S/C23H21ClFN3O2S2/c1-14(22(29)26-16-10-11-19(25)18(24)13-16)32-17-7-5-6-15(12-17)27-23(31)28-20-8-3-4-9-21(20)30-2/h3-14H,1-2H3,(H,26,29)(H2,27,28,31). The van der Waals surface area contributed by atoms with E-state index in [2.05, 4.69) is 16.0 Å². The van der Waals surface area contributed by atoms with E-state index in [1.54, 1.807) is 14.0 Å². The van der Waals surface area contributed by atoms with E-state index < -0.39 is 11.1 Å². The van der Waals surface area contributed by atoms with Crippen molar-refractivity contribution < 1.29 is 13.9 Å². The van der Waals surface area contributed by atoms with E-state index in [0.29, 0.717) is 16.5 Å². The first-order chi connectivity index (χ1) is 15.4. The van der Waals surface area contributed by atoms with Gasteiger partial charge in [0.15, 0.2) is 5.11 Å². The van der Waals surface area contributed by atoms with Gasteiger partial charge >= 0.3 is 0 Å². The molecule has 3 N–H and O–H groups in total. The molecule has 1 atom stereocenters. The lowest BCUT2D eigenvalue weighted by Gasteiger charge is -2.15. The van der Waals surface area contributed by atoms with E-state index in [1.807, 2.05) is 48.5 Å². The predicted molar refractivity (Wildman–Crippen MR) is 135 cm³/mol. The third-order valence-electron chi connectivity index (χ3n) is 4.32. The Bertz CT molecular complexity index is 1130. The van der Waals surface area contributed by atoms with Crippen LogP contribution in [0.3, 0.4) is 0 Å². The fourth-order valence-corrected chi connectivity index (χ4v) is 4.09. The van der Waals surface area contributed by atoms with Gasteiger partial charge in [-0.1, -0.05) is 29.8 Å². The number of anilines is 3. The fourth-order valence-electron chi connectivity index (χ4n) is 2.76. The molecular formula is C23H21ClFN3O2S2. The van der Waals surface area contributed by atoms with Crippen LogP contribution in [0.4, 0.5) is 21.5 Å². The maximum Gasteiger partial charge on any atom is 0.237 e. The van der Waals surface area contributed by atoms with Gasteiger partial charge < -0.3 is 20.7 Å². The molecule has 0 saturated carbocycles. The molecule has 0 fully saturated rings. The number of carbonyl (C=O) groups is 1. The van der Waals surface area contributed by atoms with Crippen molar-refractivity contribution >= 4 is 63.7 Å². The summed E-state index contributed by atoms with van der Waals surface area (Å²) in [5, 5.41) is 8.97. The van der Waals surface area contributed by atoms with E-state index in [0.717, 1.165) is 16.3 Å². The lowest BCUT2D eigenvalue weighted by atomic mass is 10.3. The van der Waals surface area contributed by atoms with Gasteiger partial charge in [0.25, 0.3) is 0 Å². The Morgan fingerprint density at radius 2 is 1.78 bits per heavy atom. The number of rotatable bonds is 7. The van der Waals surface area contributed by atoms with Gasteiger partial charge in [-0.15, -0.1) is 11.8 Å². The molecule has 0 spiro atoms. The van der Waals surface area contributed by atoms with Crippen molar-refractivity contribution in [3.05, 3.63) is 77.6 Å². The largest absolute Gasteiger partial charge is 0.495 e. The number of amides is 1. The van der Waals surface area contributed by atoms with Gasteiger partial charge in [-0.3, -0.25) is 4.79 Å². The zero-order chi connectivity index (χ0) is 23.1. The lowest BCUT2D eigenvalue weighted by Crippen LogP contribution is -2.22. The monoisotopic (exact) mass is 489 g/mol. The number of ether oxygens (including phenoxy) is 1. The highest BCUT2D eigenvalue weighted by molar-refractivity contribution is 8.00. The number of nitrogens with one attached hydrogen (secondary N) is 3. The van der Waals surface area contributed by atoms with E-state index in [-0.39, 0.29) is 10.9 Å². The van der Waals surface area contributed by atoms with Crippen molar-refractivity contribution in [2.24, 2.45) is 0 Å². The number of hydrogen-bond acceptors (Lipinski definition) is 4. The summed E-state index contributed by atoms with van der Waals surface area (Å²) in [5.41, 5.74) is 1.97. The van der Waals surface area contributed by atoms with Crippen LogP contribution in [-0.2, 0) is 4.79 Å². The summed E-state index contributed by atoms with van der Waals surface area (Å²) in [6, 6.07) is 19.1. The van der Waals surface area contributed by atoms with Gasteiger partial charge in [0.05, 0.1) is 23.1 Å². The summed E-state index contributed by atoms with van der Waals surface area (Å²) in [6.45, 7) is 1.79. The number of thiocarbonyl (C=S) groups is 1. The van der Waals surface area contributed by atoms with Crippen LogP contribution in [-0.4, -0.2) is 23.4 Å². The van der Waals surface area contributed by atoms with Crippen LogP contribution in [0, 0.1) is 5.82 Å². The molecule has 1 amide bonds. The van der Waals surface area contributed by atoms with Crippen molar-refractivity contribution in [2.75, 3.05) is 23.1 Å². The highest BCUT2D eigenvalue weighted by atomic mass is 35.5. The minimum Gasteiger partial charge on any atom is -0.495 e. The maximum atomic E-state index is 13.3. The minimum atomic E-state index is -0.533. The third kappa shape index (κ3) is 6.59. The molecule has 3 aromatic rings. The Morgan fingerprint density at radius 3 is 2.53 bits per heavy atom. The molecule has 3 rings (SSSR count). The molecule has 0 radical (unpaired) electrons. The van der Waals surface area contributed by atoms with Crippen LogP contribution in [0.5, 0.6) is 5.75 Å². The Balaban J connectivity index is 1.59. The summed E-state index contributed by atoms with van der Waals surface area (Å²) in [7, 11) is 1.60. The highest BCUT2D eigenvalue weighted by Crippen LogP contribution is 2.28. The second kappa shape index (κ2) is 11.2. The normalized spacial score (nSPS) is 11.4. The average molecular weight is 490 g/mol. The van der Waals surface area contributed by atoms with Crippen molar-refractivity contribution in [2.45, 2.75) is 17.1 Å². The van der Waals surface area contributed by atoms with Gasteiger partial charge in [0.1, 0.15) is 11.6 Å². The van der Waals surface area contributed by atoms with Crippen LogP contribution in [0.1, 0.15) is 6.92 Å². The molecule has 9 heteroatoms. The maximum absolute atomic E-state index is 13.3. The fraction of sp³-hybridized carbons (Fsp3) is 0.130. The summed E-state index contributed by atoms with van der Waals surface area (Å²) in [4.78, 5) is 13.4. The Kier molecular flexibility index (Phi) is 8.33. The summed E-state index contributed by atoms with van der Waals surface area (Å²) in [6.07, 6.45) is 0. The number of thioether (sulfide) groups is 1. The average Bonchev–Trinajstić information content (AvgIpc) is 2.76. The predicted octanol–water partition coefficient (Wildman–Crippen LogP) is 6.42. The molecule has 166 valence electrons. The molecular weight excluding hydrogens is 469 g/mol. The molecule has 0 aliphatic heterocycles. The third-order valence-corrected chi connectivity index (χ3v) is 5.90. The lowest BCUT2D eigenvalue weighted by molar-refractivity contribution is -0.115. The highest BCUT2D eigenvalue weighted by Gasteiger charge is 2.16. The number of carbonyl (C=O) groups excluding carboxylic acids is 1. The van der Waals surface area contributed by atoms with Crippen LogP contribution < -0.4 is 20.7 Å². The number of methoxy groups -OCH3 is 1. The number of halogens is 2. The first-order valence-electron chi connectivity index (χ1n) is 9.59. The topological polar surface area (TPSA) is 62.4 Å². The van der Waals surface area contributed by atoms with Gasteiger partial charge in [-0.05, 0) is 67.7 Å². The van der Waals surface area contributed by atoms with Crippen molar-refractivity contribution in [3.8, 4) is 5.75 Å². The first-order valence-corrected chi connectivity index (χ1v) is 11.3. The van der Waals surface area contributed by atoms with E-state index >= 15 is 0 Å². The molecule has 1 unspecified atom stereocenters. The molecule has 32 heavy (non-hydrogen) atoms. The van der Waals surface area contributed by atoms with Crippen LogP contribution in [0.25, 0.3) is 0 Å². The molecule has 0 aromatic heterocycles. The first kappa shape index (κ1) is 23.8. The Labute approximate surface area is 200 Å². The molecule has 0 heterocycles. The van der Waals surface area contributed by atoms with Crippen molar-refractivity contribution in [3.63, 3.8) is 0 Å². The zero-order valence-corrected chi connectivity index (χ0v) is 19.7. The SMILES string of the molecule is COc1ccccc1NC(=S)Nc1cccc(SC(C)C(=O)Nc2ccc(F)c(Cl)c2)c1. The van der Waals surface area contributed by atoms with Gasteiger partial charge in [-0.25, -0.2) is 4.39 Å². The van der Waals surface area contributed by atoms with E-state index in [9.17, 15) is 9.18 Å². The number of benzene rings is 3. The molecule has 0 bridgehead atoms. The van der Waals surface area contributed by atoms with E-state index in [1.165, 1.54) is 30.0 Å². The summed E-state index contributed by atoms with van der Waals surface area (Å²) >= 11 is 12.6. The van der Waals surface area contributed by atoms with Crippen molar-refractivity contribution in [1.29, 1.82) is 0 Å². The van der Waals surface area contributed by atoms with Crippen LogP contribution in [0.2, 0.25) is 5.02 Å².